The Hall–Kier alpha value is -5.57. The van der Waals surface area contributed by atoms with Crippen LogP contribution < -0.4 is 50.8 Å². The SMILES string of the molecule is CC(=O)c1ccc(C[C@H](CC(=O)COCCCC(=O)[C@@H](CS)NC(=O)[C@@H](CCCN=C(N)N)CC(=O)[C@@H](CCCN=C(N)N)NC(=O)[C@H](C)CCCN=C(N)N)C(N)=O)cc1. The molecule has 3 amide bonds. The topological polar surface area (TPSA) is 372 Å². The largest absolute Gasteiger partial charge is 0.374 e. The molecule has 16 N–H and O–H groups in total. The van der Waals surface area contributed by atoms with Gasteiger partial charge in [-0.25, -0.2) is 0 Å². The van der Waals surface area contributed by atoms with Crippen LogP contribution in [-0.4, -0.2) is 109 Å². The van der Waals surface area contributed by atoms with Crippen molar-refractivity contribution in [3.63, 3.8) is 0 Å². The van der Waals surface area contributed by atoms with Gasteiger partial charge in [0.15, 0.2) is 41.0 Å². The number of carbonyl (C=O) groups is 7. The van der Waals surface area contributed by atoms with Gasteiger partial charge in [0.1, 0.15) is 6.61 Å². The number of nitrogens with zero attached hydrogens (tertiary/aromatic N) is 3. The summed E-state index contributed by atoms with van der Waals surface area (Å²) in [6.45, 7) is 3.65. The van der Waals surface area contributed by atoms with E-state index in [1.165, 1.54) is 6.92 Å². The number of thiol groups is 1. The molecule has 0 aliphatic rings. The Morgan fingerprint density at radius 3 is 1.74 bits per heavy atom. The fraction of sp³-hybridized carbons (Fsp3) is 0.600. The summed E-state index contributed by atoms with van der Waals surface area (Å²) in [6.07, 6.45) is 2.08. The molecule has 1 aromatic rings. The Morgan fingerprint density at radius 2 is 1.21 bits per heavy atom. The molecule has 1 rings (SSSR count). The molecule has 0 saturated carbocycles. The molecule has 0 saturated heterocycles. The minimum atomic E-state index is -0.997. The first-order valence-corrected chi connectivity index (χ1v) is 20.9. The maximum atomic E-state index is 13.8. The van der Waals surface area contributed by atoms with Crippen LogP contribution >= 0.6 is 12.6 Å². The standard InChI is InChI=1S/C40H66N12O8S/c1-24(7-3-15-48-38(42)43)36(58)51-31(9-5-17-50-40(46)47)34(56)21-28(8-4-16-49-39(44)45)37(59)52-32(23-61)33(55)10-6-18-60-22-30(54)20-29(35(41)57)19-26-11-13-27(14-12-26)25(2)53/h11-14,24,28-29,31-32,61H,3-10,15-23H2,1-2H3,(H2,41,57)(H,51,58)(H,52,59)(H4,42,43,48)(H4,44,45,49)(H4,46,47,50)/t24-,28+,29-,31-,32-/m1/s1. The number of primary amides is 1. The van der Waals surface area contributed by atoms with Crippen LogP contribution in [0.5, 0.6) is 0 Å². The molecule has 21 heteroatoms. The molecule has 0 aliphatic carbocycles. The van der Waals surface area contributed by atoms with Crippen molar-refractivity contribution in [3.05, 3.63) is 35.4 Å². The van der Waals surface area contributed by atoms with Crippen molar-refractivity contribution in [2.45, 2.75) is 96.6 Å². The summed E-state index contributed by atoms with van der Waals surface area (Å²) in [4.78, 5) is 102. The summed E-state index contributed by atoms with van der Waals surface area (Å²) in [5.74, 6) is -5.25. The normalized spacial score (nSPS) is 13.3. The van der Waals surface area contributed by atoms with Crippen molar-refractivity contribution in [2.75, 3.05) is 38.6 Å². The maximum absolute atomic E-state index is 13.8. The molecule has 0 unspecified atom stereocenters. The van der Waals surface area contributed by atoms with Crippen molar-refractivity contribution < 1.29 is 38.3 Å². The first-order valence-electron chi connectivity index (χ1n) is 20.3. The summed E-state index contributed by atoms with van der Waals surface area (Å²) in [6, 6.07) is 4.75. The van der Waals surface area contributed by atoms with Gasteiger partial charge in [-0.1, -0.05) is 31.2 Å². The van der Waals surface area contributed by atoms with Crippen LogP contribution in [-0.2, 0) is 39.9 Å². The summed E-state index contributed by atoms with van der Waals surface area (Å²) < 4.78 is 5.48. The number of Topliss-reactive ketones (excluding diaryl/α,β-unsaturated/α-hetero) is 4. The number of rotatable bonds is 33. The number of hydrogen-bond donors (Lipinski definition) is 10. The summed E-state index contributed by atoms with van der Waals surface area (Å²) >= 11 is 4.28. The first kappa shape index (κ1) is 53.4. The van der Waals surface area contributed by atoms with Crippen LogP contribution in [0.25, 0.3) is 0 Å². The molecular weight excluding hydrogens is 809 g/mol. The van der Waals surface area contributed by atoms with Gasteiger partial charge in [0.05, 0.1) is 12.1 Å². The highest BCUT2D eigenvalue weighted by Gasteiger charge is 2.30. The lowest BCUT2D eigenvalue weighted by molar-refractivity contribution is -0.134. The number of nitrogens with one attached hydrogen (secondary N) is 2. The molecule has 0 spiro atoms. The Labute approximate surface area is 362 Å². The van der Waals surface area contributed by atoms with Gasteiger partial charge in [-0.2, -0.15) is 12.6 Å². The van der Waals surface area contributed by atoms with Crippen LogP contribution in [0.15, 0.2) is 39.2 Å². The van der Waals surface area contributed by atoms with E-state index in [2.05, 4.69) is 38.2 Å². The molecule has 1 aromatic carbocycles. The van der Waals surface area contributed by atoms with E-state index in [1.54, 1.807) is 31.2 Å². The predicted molar refractivity (Wildman–Crippen MR) is 237 cm³/mol. The number of ether oxygens (including phenoxy) is 1. The first-order chi connectivity index (χ1) is 28.8. The molecule has 0 aromatic heterocycles. The molecule has 0 heterocycles. The number of nitrogens with two attached hydrogens (primary N) is 7. The van der Waals surface area contributed by atoms with Crippen molar-refractivity contribution in [1.29, 1.82) is 0 Å². The molecule has 0 bridgehead atoms. The van der Waals surface area contributed by atoms with Gasteiger partial charge in [-0.15, -0.1) is 0 Å². The second-order valence-electron chi connectivity index (χ2n) is 14.8. The number of guanidine groups is 3. The third-order valence-corrected chi connectivity index (χ3v) is 9.96. The lowest BCUT2D eigenvalue weighted by Gasteiger charge is -2.24. The zero-order valence-electron chi connectivity index (χ0n) is 35.3. The van der Waals surface area contributed by atoms with E-state index in [4.69, 9.17) is 44.9 Å². The highest BCUT2D eigenvalue weighted by atomic mass is 32.1. The lowest BCUT2D eigenvalue weighted by atomic mass is 9.91. The smallest absolute Gasteiger partial charge is 0.224 e. The van der Waals surface area contributed by atoms with E-state index in [9.17, 15) is 33.6 Å². The molecule has 61 heavy (non-hydrogen) atoms. The summed E-state index contributed by atoms with van der Waals surface area (Å²) in [7, 11) is 0. The lowest BCUT2D eigenvalue weighted by Crippen LogP contribution is -2.47. The highest BCUT2D eigenvalue weighted by Crippen LogP contribution is 2.18. The van der Waals surface area contributed by atoms with Crippen molar-refractivity contribution in [1.82, 2.24) is 10.6 Å². The number of ketones is 4. The fourth-order valence-corrected chi connectivity index (χ4v) is 6.41. The molecule has 340 valence electrons. The maximum Gasteiger partial charge on any atom is 0.224 e. The van der Waals surface area contributed by atoms with Crippen LogP contribution in [0.1, 0.15) is 94.0 Å². The van der Waals surface area contributed by atoms with Gasteiger partial charge in [0, 0.05) is 74.6 Å². The minimum absolute atomic E-state index is 0.0119. The Balaban J connectivity index is 2.89. The number of hydrogen-bond acceptors (Lipinski definition) is 12. The molecular formula is C40H66N12O8S. The van der Waals surface area contributed by atoms with E-state index in [-0.39, 0.29) is 118 Å². The van der Waals surface area contributed by atoms with Gasteiger partial charge < -0.3 is 55.5 Å². The second-order valence-corrected chi connectivity index (χ2v) is 15.2. The Kier molecular flexibility index (Phi) is 26.0. The predicted octanol–water partition coefficient (Wildman–Crippen LogP) is -0.870. The second kappa shape index (κ2) is 29.6. The summed E-state index contributed by atoms with van der Waals surface area (Å²) in [5, 5.41) is 5.54. The summed E-state index contributed by atoms with van der Waals surface area (Å²) in [5.41, 5.74) is 39.4. The zero-order valence-corrected chi connectivity index (χ0v) is 36.2. The number of aliphatic imine (C=N–C) groups is 3. The quantitative estimate of drug-likeness (QED) is 0.0135. The van der Waals surface area contributed by atoms with E-state index >= 15 is 0 Å². The number of amides is 3. The van der Waals surface area contributed by atoms with E-state index in [0.717, 1.165) is 5.56 Å². The third kappa shape index (κ3) is 23.7. The minimum Gasteiger partial charge on any atom is -0.374 e. The number of carbonyl (C=O) groups excluding carboxylic acids is 7. The van der Waals surface area contributed by atoms with Crippen LogP contribution in [0.3, 0.4) is 0 Å². The van der Waals surface area contributed by atoms with Crippen molar-refractivity contribution in [2.24, 2.45) is 72.9 Å². The van der Waals surface area contributed by atoms with Crippen molar-refractivity contribution >= 4 is 71.4 Å². The van der Waals surface area contributed by atoms with Gasteiger partial charge in [-0.3, -0.25) is 48.5 Å². The van der Waals surface area contributed by atoms with E-state index in [0.29, 0.717) is 37.8 Å². The van der Waals surface area contributed by atoms with Crippen LogP contribution in [0.4, 0.5) is 0 Å². The zero-order chi connectivity index (χ0) is 45.9. The highest BCUT2D eigenvalue weighted by molar-refractivity contribution is 7.80. The average molecular weight is 875 g/mol. The molecule has 20 nitrogen and oxygen atoms in total. The molecule has 0 aliphatic heterocycles. The van der Waals surface area contributed by atoms with Crippen molar-refractivity contribution in [3.8, 4) is 0 Å². The molecule has 5 atom stereocenters. The van der Waals surface area contributed by atoms with E-state index in [1.807, 2.05) is 0 Å². The third-order valence-electron chi connectivity index (χ3n) is 9.59. The molecule has 0 fully saturated rings. The Morgan fingerprint density at radius 1 is 0.672 bits per heavy atom. The van der Waals surface area contributed by atoms with Crippen LogP contribution in [0.2, 0.25) is 0 Å². The fourth-order valence-electron chi connectivity index (χ4n) is 6.12. The number of benzene rings is 1. The van der Waals surface area contributed by atoms with Gasteiger partial charge in [0.25, 0.3) is 0 Å². The van der Waals surface area contributed by atoms with E-state index < -0.39 is 47.4 Å². The monoisotopic (exact) mass is 874 g/mol. The van der Waals surface area contributed by atoms with Gasteiger partial charge >= 0.3 is 0 Å². The van der Waals surface area contributed by atoms with Gasteiger partial charge in [0.2, 0.25) is 17.7 Å². The van der Waals surface area contributed by atoms with Crippen LogP contribution in [0, 0.1) is 17.8 Å². The molecule has 0 radical (unpaired) electrons. The average Bonchev–Trinajstić information content (AvgIpc) is 3.19. The Bertz CT molecular complexity index is 1690. The van der Waals surface area contributed by atoms with Gasteiger partial charge in [-0.05, 0) is 63.9 Å².